The molecule has 0 saturated heterocycles. The van der Waals surface area contributed by atoms with Crippen LogP contribution in [0, 0.1) is 0 Å². The zero-order chi connectivity index (χ0) is 19.6. The van der Waals surface area contributed by atoms with Crippen molar-refractivity contribution in [3.8, 4) is 0 Å². The highest BCUT2D eigenvalue weighted by atomic mass is 16.2. The van der Waals surface area contributed by atoms with Gasteiger partial charge in [0.05, 0.1) is 30.2 Å². The molecular formula is C18H27N7O2. The molecule has 2 aromatic heterocycles. The number of hydrogen-bond acceptors (Lipinski definition) is 4. The summed E-state index contributed by atoms with van der Waals surface area (Å²) in [6.07, 6.45) is 1.64. The molecule has 0 spiro atoms. The summed E-state index contributed by atoms with van der Waals surface area (Å²) in [4.78, 5) is 28.1. The minimum Gasteiger partial charge on any atom is -0.345 e. The lowest BCUT2D eigenvalue weighted by Crippen LogP contribution is -2.38. The van der Waals surface area contributed by atoms with Gasteiger partial charge in [-0.25, -0.2) is 4.79 Å². The molecule has 0 aromatic carbocycles. The van der Waals surface area contributed by atoms with Gasteiger partial charge in [0.1, 0.15) is 5.69 Å². The molecular weight excluding hydrogens is 346 g/mol. The Bertz CT molecular complexity index is 837. The number of aryl methyl sites for hydroxylation is 3. The van der Waals surface area contributed by atoms with Crippen LogP contribution in [-0.4, -0.2) is 61.9 Å². The first-order chi connectivity index (χ1) is 12.9. The highest BCUT2D eigenvalue weighted by molar-refractivity contribution is 5.92. The first kappa shape index (κ1) is 18.9. The third-order valence-electron chi connectivity index (χ3n) is 4.67. The fourth-order valence-electron chi connectivity index (χ4n) is 3.23. The fourth-order valence-corrected chi connectivity index (χ4v) is 3.23. The average molecular weight is 373 g/mol. The standard InChI is InChI=1S/C18H27N7O2/c1-5-13-10-16(23(4)20-13)17(26)19-11-14-9-15-12-24(18(27)22(2)3)7-6-8-25(15)21-14/h9-10H,5-8,11-12H2,1-4H3,(H,19,26). The summed E-state index contributed by atoms with van der Waals surface area (Å²) < 4.78 is 3.53. The van der Waals surface area contributed by atoms with Crippen molar-refractivity contribution in [2.45, 2.75) is 39.4 Å². The predicted molar refractivity (Wildman–Crippen MR) is 100 cm³/mol. The van der Waals surface area contributed by atoms with E-state index in [1.807, 2.05) is 28.6 Å². The Morgan fingerprint density at radius 3 is 2.63 bits per heavy atom. The Morgan fingerprint density at radius 1 is 1.19 bits per heavy atom. The molecule has 0 aliphatic carbocycles. The van der Waals surface area contributed by atoms with Gasteiger partial charge in [-0.2, -0.15) is 10.2 Å². The summed E-state index contributed by atoms with van der Waals surface area (Å²) in [5.74, 6) is -0.169. The summed E-state index contributed by atoms with van der Waals surface area (Å²) in [5.41, 5.74) is 3.20. The number of carbonyl (C=O) groups excluding carboxylic acids is 2. The van der Waals surface area contributed by atoms with E-state index in [1.54, 1.807) is 30.7 Å². The van der Waals surface area contributed by atoms with Gasteiger partial charge >= 0.3 is 6.03 Å². The summed E-state index contributed by atoms with van der Waals surface area (Å²) in [6, 6.07) is 3.77. The lowest BCUT2D eigenvalue weighted by molar-refractivity contribution is 0.0941. The maximum Gasteiger partial charge on any atom is 0.319 e. The van der Waals surface area contributed by atoms with E-state index in [1.165, 1.54) is 0 Å². The second kappa shape index (κ2) is 7.81. The minimum absolute atomic E-state index is 0.00226. The van der Waals surface area contributed by atoms with E-state index in [9.17, 15) is 9.59 Å². The highest BCUT2D eigenvalue weighted by Gasteiger charge is 2.22. The van der Waals surface area contributed by atoms with Crippen LogP contribution in [0.5, 0.6) is 0 Å². The van der Waals surface area contributed by atoms with Gasteiger partial charge in [0.2, 0.25) is 0 Å². The number of aromatic nitrogens is 4. The number of nitrogens with zero attached hydrogens (tertiary/aromatic N) is 6. The van der Waals surface area contributed by atoms with Gasteiger partial charge in [0.15, 0.2) is 0 Å². The van der Waals surface area contributed by atoms with Gasteiger partial charge in [-0.15, -0.1) is 0 Å². The van der Waals surface area contributed by atoms with E-state index in [0.717, 1.165) is 36.5 Å². The molecule has 0 unspecified atom stereocenters. The Labute approximate surface area is 158 Å². The number of urea groups is 1. The smallest absolute Gasteiger partial charge is 0.319 e. The van der Waals surface area contributed by atoms with Crippen molar-refractivity contribution in [3.05, 3.63) is 34.9 Å². The van der Waals surface area contributed by atoms with Crippen molar-refractivity contribution in [1.82, 2.24) is 34.7 Å². The molecule has 9 heteroatoms. The van der Waals surface area contributed by atoms with Crippen molar-refractivity contribution in [2.24, 2.45) is 7.05 Å². The average Bonchev–Trinajstić information content (AvgIpc) is 3.15. The van der Waals surface area contributed by atoms with Crippen LogP contribution in [0.2, 0.25) is 0 Å². The molecule has 2 aromatic rings. The first-order valence-corrected chi connectivity index (χ1v) is 9.22. The zero-order valence-corrected chi connectivity index (χ0v) is 16.4. The van der Waals surface area contributed by atoms with E-state index < -0.39 is 0 Å². The Hall–Kier alpha value is -2.84. The monoisotopic (exact) mass is 373 g/mol. The maximum atomic E-state index is 12.4. The van der Waals surface area contributed by atoms with Crippen LogP contribution in [0.1, 0.15) is 40.9 Å². The van der Waals surface area contributed by atoms with E-state index >= 15 is 0 Å². The van der Waals surface area contributed by atoms with Crippen LogP contribution >= 0.6 is 0 Å². The van der Waals surface area contributed by atoms with Crippen LogP contribution in [0.25, 0.3) is 0 Å². The topological polar surface area (TPSA) is 88.3 Å². The Kier molecular flexibility index (Phi) is 5.48. The molecule has 1 N–H and O–H groups in total. The number of amides is 3. The van der Waals surface area contributed by atoms with Gasteiger partial charge in [0, 0.05) is 34.2 Å². The molecule has 1 aliphatic heterocycles. The number of rotatable bonds is 4. The molecule has 9 nitrogen and oxygen atoms in total. The largest absolute Gasteiger partial charge is 0.345 e. The third kappa shape index (κ3) is 4.12. The third-order valence-corrected chi connectivity index (χ3v) is 4.67. The van der Waals surface area contributed by atoms with Crippen molar-refractivity contribution < 1.29 is 9.59 Å². The molecule has 0 atom stereocenters. The Morgan fingerprint density at radius 2 is 1.96 bits per heavy atom. The van der Waals surface area contributed by atoms with Gasteiger partial charge in [0.25, 0.3) is 5.91 Å². The normalized spacial score (nSPS) is 13.9. The second-order valence-electron chi connectivity index (χ2n) is 6.98. The zero-order valence-electron chi connectivity index (χ0n) is 16.4. The SMILES string of the molecule is CCc1cc(C(=O)NCc2cc3n(n2)CCCN(C(=O)N(C)C)C3)n(C)n1. The summed E-state index contributed by atoms with van der Waals surface area (Å²) in [5, 5.41) is 11.8. The van der Waals surface area contributed by atoms with Gasteiger partial charge < -0.3 is 15.1 Å². The van der Waals surface area contributed by atoms with E-state index in [0.29, 0.717) is 25.3 Å². The lowest BCUT2D eigenvalue weighted by Gasteiger charge is -2.23. The van der Waals surface area contributed by atoms with E-state index in [-0.39, 0.29) is 11.9 Å². The second-order valence-corrected chi connectivity index (χ2v) is 6.98. The van der Waals surface area contributed by atoms with E-state index in [2.05, 4.69) is 15.5 Å². The molecule has 1 aliphatic rings. The van der Waals surface area contributed by atoms with Crippen LogP contribution in [0.4, 0.5) is 4.79 Å². The molecule has 146 valence electrons. The molecule has 0 radical (unpaired) electrons. The predicted octanol–water partition coefficient (Wildman–Crippen LogP) is 0.996. The molecule has 27 heavy (non-hydrogen) atoms. The van der Waals surface area contributed by atoms with Crippen LogP contribution in [0.3, 0.4) is 0 Å². The first-order valence-electron chi connectivity index (χ1n) is 9.22. The molecule has 3 heterocycles. The van der Waals surface area contributed by atoms with Crippen LogP contribution in [-0.2, 0) is 33.1 Å². The molecule has 0 fully saturated rings. The van der Waals surface area contributed by atoms with E-state index in [4.69, 9.17) is 0 Å². The minimum atomic E-state index is -0.169. The number of carbonyl (C=O) groups is 2. The lowest BCUT2D eigenvalue weighted by atomic mass is 10.3. The maximum absolute atomic E-state index is 12.4. The quantitative estimate of drug-likeness (QED) is 0.866. The molecule has 0 saturated carbocycles. The molecule has 3 amide bonds. The van der Waals surface area contributed by atoms with Crippen molar-refractivity contribution >= 4 is 11.9 Å². The van der Waals surface area contributed by atoms with Gasteiger partial charge in [-0.3, -0.25) is 14.2 Å². The highest BCUT2D eigenvalue weighted by Crippen LogP contribution is 2.15. The molecule has 0 bridgehead atoms. The molecule has 3 rings (SSSR count). The van der Waals surface area contributed by atoms with Gasteiger partial charge in [-0.1, -0.05) is 6.92 Å². The fraction of sp³-hybridized carbons (Fsp3) is 0.556. The Balaban J connectivity index is 1.66. The van der Waals surface area contributed by atoms with Crippen molar-refractivity contribution in [3.63, 3.8) is 0 Å². The number of hydrogen-bond donors (Lipinski definition) is 1. The van der Waals surface area contributed by atoms with Gasteiger partial charge in [-0.05, 0) is 25.0 Å². The van der Waals surface area contributed by atoms with Crippen LogP contribution < -0.4 is 5.32 Å². The summed E-state index contributed by atoms with van der Waals surface area (Å²) in [6.45, 7) is 4.36. The van der Waals surface area contributed by atoms with Crippen molar-refractivity contribution in [2.75, 3.05) is 20.6 Å². The summed E-state index contributed by atoms with van der Waals surface area (Å²) >= 11 is 0. The number of fused-ring (bicyclic) bond motifs is 1. The number of nitrogens with one attached hydrogen (secondary N) is 1. The van der Waals surface area contributed by atoms with Crippen LogP contribution in [0.15, 0.2) is 12.1 Å². The van der Waals surface area contributed by atoms with Crippen molar-refractivity contribution in [1.29, 1.82) is 0 Å². The summed E-state index contributed by atoms with van der Waals surface area (Å²) in [7, 11) is 5.28.